The van der Waals surface area contributed by atoms with Crippen LogP contribution in [0.5, 0.6) is 0 Å². The van der Waals surface area contributed by atoms with Gasteiger partial charge >= 0.3 is 0 Å². The highest BCUT2D eigenvalue weighted by Gasteiger charge is 2.43. The molecule has 0 bridgehead atoms. The summed E-state index contributed by atoms with van der Waals surface area (Å²) in [6, 6.07) is 9.42. The number of halogens is 2. The molecular weight excluding hydrogens is 489 g/mol. The molecule has 0 radical (unpaired) electrons. The van der Waals surface area contributed by atoms with E-state index in [0.717, 1.165) is 0 Å². The Bertz CT molecular complexity index is 1220. The highest BCUT2D eigenvalue weighted by molar-refractivity contribution is 7.90. The molecule has 1 atom stereocenters. The van der Waals surface area contributed by atoms with Crippen molar-refractivity contribution < 1.29 is 22.8 Å². The first kappa shape index (κ1) is 25.0. The van der Waals surface area contributed by atoms with Crippen molar-refractivity contribution in [3.05, 3.63) is 63.6 Å². The van der Waals surface area contributed by atoms with Crippen LogP contribution in [0.3, 0.4) is 0 Å². The molecule has 0 saturated carbocycles. The zero-order valence-corrected chi connectivity index (χ0v) is 20.5. The van der Waals surface area contributed by atoms with Crippen molar-refractivity contribution in [1.82, 2.24) is 14.5 Å². The van der Waals surface area contributed by atoms with E-state index < -0.39 is 40.3 Å². The summed E-state index contributed by atoms with van der Waals surface area (Å²) in [5, 5.41) is 3.34. The first-order chi connectivity index (χ1) is 15.4. The topological polar surface area (TPSA) is 104 Å². The minimum atomic E-state index is -4.18. The molecular formula is C22H23Cl2N3O5S. The second-order valence-electron chi connectivity index (χ2n) is 7.92. The molecule has 1 heterocycles. The fourth-order valence-corrected chi connectivity index (χ4v) is 5.26. The van der Waals surface area contributed by atoms with E-state index in [4.69, 9.17) is 23.2 Å². The van der Waals surface area contributed by atoms with Gasteiger partial charge in [0, 0.05) is 12.6 Å². The van der Waals surface area contributed by atoms with Crippen LogP contribution in [0.1, 0.15) is 36.7 Å². The molecule has 0 unspecified atom stereocenters. The number of carbonyl (C=O) groups is 3. The Hall–Kier alpha value is -2.62. The Labute approximate surface area is 202 Å². The van der Waals surface area contributed by atoms with Crippen molar-refractivity contribution in [1.29, 1.82) is 0 Å². The molecule has 1 aliphatic heterocycles. The summed E-state index contributed by atoms with van der Waals surface area (Å²) in [5.74, 6) is -1.91. The van der Waals surface area contributed by atoms with Gasteiger partial charge < -0.3 is 10.2 Å². The zero-order chi connectivity index (χ0) is 24.5. The molecule has 3 rings (SSSR count). The van der Waals surface area contributed by atoms with Crippen molar-refractivity contribution in [3.8, 4) is 0 Å². The van der Waals surface area contributed by atoms with Crippen LogP contribution in [-0.4, -0.2) is 54.0 Å². The molecule has 3 amide bonds. The lowest BCUT2D eigenvalue weighted by atomic mass is 10.1. The van der Waals surface area contributed by atoms with Gasteiger partial charge in [-0.1, -0.05) is 41.4 Å². The third kappa shape index (κ3) is 5.15. The molecule has 1 aliphatic rings. The molecule has 1 N–H and O–H groups in total. The molecule has 0 saturated heterocycles. The smallest absolute Gasteiger partial charge is 0.269 e. The minimum Gasteiger partial charge on any atom is -0.352 e. The third-order valence-electron chi connectivity index (χ3n) is 5.13. The molecule has 33 heavy (non-hydrogen) atoms. The molecule has 0 spiro atoms. The number of fused-ring (bicyclic) bond motifs is 1. The van der Waals surface area contributed by atoms with E-state index in [-0.39, 0.29) is 28.1 Å². The number of rotatable bonds is 7. The number of carbonyl (C=O) groups excluding carboxylic acids is 3. The maximum atomic E-state index is 13.3. The number of sulfonamides is 1. The van der Waals surface area contributed by atoms with E-state index in [9.17, 15) is 22.8 Å². The van der Waals surface area contributed by atoms with Crippen LogP contribution in [0.15, 0.2) is 47.4 Å². The number of benzene rings is 2. The van der Waals surface area contributed by atoms with E-state index in [0.29, 0.717) is 14.9 Å². The fourth-order valence-electron chi connectivity index (χ4n) is 3.42. The maximum Gasteiger partial charge on any atom is 0.269 e. The lowest BCUT2D eigenvalue weighted by Gasteiger charge is -2.30. The number of hydrogen-bond acceptors (Lipinski definition) is 5. The molecule has 0 aliphatic carbocycles. The minimum absolute atomic E-state index is 0.00642. The number of nitrogens with zero attached hydrogens (tertiary/aromatic N) is 2. The van der Waals surface area contributed by atoms with Crippen molar-refractivity contribution >= 4 is 50.9 Å². The van der Waals surface area contributed by atoms with Crippen molar-refractivity contribution in [2.45, 2.75) is 44.3 Å². The third-order valence-corrected chi connectivity index (χ3v) is 7.65. The van der Waals surface area contributed by atoms with Gasteiger partial charge in [-0.15, -0.1) is 0 Å². The van der Waals surface area contributed by atoms with Gasteiger partial charge in [-0.25, -0.2) is 12.7 Å². The first-order valence-electron chi connectivity index (χ1n) is 10.1. The predicted octanol–water partition coefficient (Wildman–Crippen LogP) is 3.08. The first-order valence-corrected chi connectivity index (χ1v) is 12.3. The van der Waals surface area contributed by atoms with Crippen LogP contribution in [0.4, 0.5) is 0 Å². The van der Waals surface area contributed by atoms with E-state index in [2.05, 4.69) is 5.32 Å². The normalized spacial score (nSPS) is 15.3. The van der Waals surface area contributed by atoms with Crippen LogP contribution in [-0.2, 0) is 26.2 Å². The van der Waals surface area contributed by atoms with Gasteiger partial charge in [0.1, 0.15) is 17.5 Å². The molecule has 11 heteroatoms. The summed E-state index contributed by atoms with van der Waals surface area (Å²) in [4.78, 5) is 39.8. The van der Waals surface area contributed by atoms with Crippen molar-refractivity contribution in [2.75, 3.05) is 6.54 Å². The summed E-state index contributed by atoms with van der Waals surface area (Å²) in [6.07, 6.45) is 0. The Balaban J connectivity index is 1.91. The van der Waals surface area contributed by atoms with E-state index in [1.54, 1.807) is 38.1 Å². The van der Waals surface area contributed by atoms with Crippen LogP contribution in [0, 0.1) is 0 Å². The monoisotopic (exact) mass is 511 g/mol. The number of nitrogens with one attached hydrogen (secondary N) is 1. The number of hydrogen-bond donors (Lipinski definition) is 1. The largest absolute Gasteiger partial charge is 0.352 e. The lowest BCUT2D eigenvalue weighted by Crippen LogP contribution is -2.52. The molecule has 2 aromatic rings. The second kappa shape index (κ2) is 9.70. The summed E-state index contributed by atoms with van der Waals surface area (Å²) in [5.41, 5.74) is 0.591. The maximum absolute atomic E-state index is 13.3. The lowest BCUT2D eigenvalue weighted by molar-refractivity contribution is -0.140. The van der Waals surface area contributed by atoms with Gasteiger partial charge in [-0.05, 0) is 50.6 Å². The Kier molecular flexibility index (Phi) is 7.36. The average molecular weight is 512 g/mol. The van der Waals surface area contributed by atoms with Crippen molar-refractivity contribution in [3.63, 3.8) is 0 Å². The zero-order valence-electron chi connectivity index (χ0n) is 18.2. The van der Waals surface area contributed by atoms with Gasteiger partial charge in [-0.3, -0.25) is 14.4 Å². The quantitative estimate of drug-likeness (QED) is 0.614. The SMILES string of the molecule is CC(C)NC(=O)[C@H](C)N(Cc1ccc(Cl)c(Cl)c1)C(=O)CN1C(=O)c2ccccc2S1(=O)=O. The summed E-state index contributed by atoms with van der Waals surface area (Å²) in [7, 11) is -4.18. The van der Waals surface area contributed by atoms with E-state index in [1.165, 1.54) is 30.0 Å². The van der Waals surface area contributed by atoms with Gasteiger partial charge in [0.25, 0.3) is 15.9 Å². The molecule has 8 nitrogen and oxygen atoms in total. The van der Waals surface area contributed by atoms with Crippen molar-refractivity contribution in [2.24, 2.45) is 0 Å². The Morgan fingerprint density at radius 2 is 1.73 bits per heavy atom. The summed E-state index contributed by atoms with van der Waals surface area (Å²) in [6.45, 7) is 4.31. The summed E-state index contributed by atoms with van der Waals surface area (Å²) >= 11 is 12.1. The van der Waals surface area contributed by atoms with Gasteiger partial charge in [0.2, 0.25) is 11.8 Å². The molecule has 176 valence electrons. The predicted molar refractivity (Wildman–Crippen MR) is 124 cm³/mol. The van der Waals surface area contributed by atoms with E-state index in [1.807, 2.05) is 0 Å². The fraction of sp³-hybridized carbons (Fsp3) is 0.318. The molecule has 0 aromatic heterocycles. The average Bonchev–Trinajstić information content (AvgIpc) is 2.94. The molecule has 0 fully saturated rings. The standard InChI is InChI=1S/C22H23Cl2N3O5S/c1-13(2)25-21(29)14(3)26(11-15-8-9-17(23)18(24)10-15)20(28)12-27-22(30)16-6-4-5-7-19(16)33(27,31)32/h4-10,13-14H,11-12H2,1-3H3,(H,25,29)/t14-/m0/s1. The Morgan fingerprint density at radius 3 is 2.33 bits per heavy atom. The van der Waals surface area contributed by atoms with Crippen LogP contribution < -0.4 is 5.32 Å². The van der Waals surface area contributed by atoms with Crippen LogP contribution in [0.2, 0.25) is 10.0 Å². The number of amides is 3. The van der Waals surface area contributed by atoms with Gasteiger partial charge in [-0.2, -0.15) is 0 Å². The van der Waals surface area contributed by atoms with Crippen LogP contribution in [0.25, 0.3) is 0 Å². The highest BCUT2D eigenvalue weighted by Crippen LogP contribution is 2.30. The van der Waals surface area contributed by atoms with Gasteiger partial charge in [0.15, 0.2) is 0 Å². The van der Waals surface area contributed by atoms with E-state index >= 15 is 0 Å². The molecule has 2 aromatic carbocycles. The van der Waals surface area contributed by atoms with Gasteiger partial charge in [0.05, 0.1) is 15.6 Å². The second-order valence-corrected chi connectivity index (χ2v) is 10.6. The highest BCUT2D eigenvalue weighted by atomic mass is 35.5. The Morgan fingerprint density at radius 1 is 1.06 bits per heavy atom. The van der Waals surface area contributed by atoms with Crippen LogP contribution >= 0.6 is 23.2 Å². The summed E-state index contributed by atoms with van der Waals surface area (Å²) < 4.78 is 26.3.